The van der Waals surface area contributed by atoms with Crippen molar-refractivity contribution in [3.8, 4) is 0 Å². The van der Waals surface area contributed by atoms with Crippen LogP contribution in [0, 0.1) is 0 Å². The summed E-state index contributed by atoms with van der Waals surface area (Å²) < 4.78 is 5.47. The highest BCUT2D eigenvalue weighted by Gasteiger charge is 2.09. The molecule has 1 aromatic heterocycles. The number of aromatic amines is 1. The molecule has 3 heteroatoms. The lowest BCUT2D eigenvalue weighted by molar-refractivity contribution is 0.0450. The Balaban J connectivity index is 1.86. The van der Waals surface area contributed by atoms with E-state index in [1.807, 2.05) is 12.3 Å². The first-order valence-electron chi connectivity index (χ1n) is 4.87. The van der Waals surface area contributed by atoms with Crippen molar-refractivity contribution in [3.05, 3.63) is 24.0 Å². The molecule has 0 aromatic carbocycles. The third-order valence-corrected chi connectivity index (χ3v) is 2.34. The van der Waals surface area contributed by atoms with Gasteiger partial charge in [0.1, 0.15) is 0 Å². The van der Waals surface area contributed by atoms with E-state index in [1.165, 1.54) is 18.5 Å². The fourth-order valence-corrected chi connectivity index (χ4v) is 1.63. The lowest BCUT2D eigenvalue weighted by atomic mass is 10.3. The van der Waals surface area contributed by atoms with Crippen molar-refractivity contribution >= 4 is 0 Å². The van der Waals surface area contributed by atoms with E-state index in [2.05, 4.69) is 16.0 Å². The number of aromatic nitrogens is 1. The largest absolute Gasteiger partial charge is 0.366 e. The fourth-order valence-electron chi connectivity index (χ4n) is 1.63. The van der Waals surface area contributed by atoms with Gasteiger partial charge in [-0.25, -0.2) is 0 Å². The Morgan fingerprint density at radius 3 is 3.31 bits per heavy atom. The first-order chi connectivity index (χ1) is 6.45. The predicted molar refractivity (Wildman–Crippen MR) is 51.3 cm³/mol. The van der Waals surface area contributed by atoms with Crippen LogP contribution in [0.25, 0.3) is 0 Å². The van der Waals surface area contributed by atoms with Crippen molar-refractivity contribution in [2.24, 2.45) is 0 Å². The third-order valence-electron chi connectivity index (χ3n) is 2.34. The molecule has 0 atom stereocenters. The summed E-state index contributed by atoms with van der Waals surface area (Å²) in [6, 6.07) is 4.15. The molecule has 0 unspecified atom stereocenters. The highest BCUT2D eigenvalue weighted by molar-refractivity contribution is 5.03. The molecule has 13 heavy (non-hydrogen) atoms. The molecule has 1 aliphatic heterocycles. The smallest absolute Gasteiger partial charge is 0.0993 e. The van der Waals surface area contributed by atoms with Gasteiger partial charge < -0.3 is 9.72 Å². The topological polar surface area (TPSA) is 28.3 Å². The quantitative estimate of drug-likeness (QED) is 0.748. The minimum absolute atomic E-state index is 0.777. The molecule has 0 aliphatic carbocycles. The van der Waals surface area contributed by atoms with Gasteiger partial charge in [0.2, 0.25) is 0 Å². The molecule has 0 amide bonds. The lowest BCUT2D eigenvalue weighted by Crippen LogP contribution is -2.25. The minimum Gasteiger partial charge on any atom is -0.366 e. The zero-order valence-electron chi connectivity index (χ0n) is 7.83. The van der Waals surface area contributed by atoms with Gasteiger partial charge in [0.25, 0.3) is 0 Å². The second kappa shape index (κ2) is 4.44. The summed E-state index contributed by atoms with van der Waals surface area (Å²) in [5.74, 6) is 0. The molecule has 3 nitrogen and oxygen atoms in total. The van der Waals surface area contributed by atoms with E-state index >= 15 is 0 Å². The molecule has 2 rings (SSSR count). The Morgan fingerprint density at radius 2 is 2.46 bits per heavy atom. The van der Waals surface area contributed by atoms with E-state index in [4.69, 9.17) is 4.74 Å². The molecule has 0 radical (unpaired) electrons. The zero-order chi connectivity index (χ0) is 8.93. The molecular formula is C10H16N2O. The zero-order valence-corrected chi connectivity index (χ0v) is 7.83. The van der Waals surface area contributed by atoms with Crippen LogP contribution in [0.2, 0.25) is 0 Å². The molecule has 0 bridgehead atoms. The van der Waals surface area contributed by atoms with Gasteiger partial charge in [0.05, 0.1) is 6.73 Å². The molecule has 0 spiro atoms. The van der Waals surface area contributed by atoms with Gasteiger partial charge in [-0.2, -0.15) is 0 Å². The van der Waals surface area contributed by atoms with Crippen molar-refractivity contribution in [2.75, 3.05) is 19.9 Å². The lowest BCUT2D eigenvalue weighted by Gasteiger charge is -2.17. The maximum Gasteiger partial charge on any atom is 0.0993 e. The van der Waals surface area contributed by atoms with Crippen molar-refractivity contribution in [3.63, 3.8) is 0 Å². The molecule has 1 fully saturated rings. The summed E-state index contributed by atoms with van der Waals surface area (Å²) in [5.41, 5.74) is 1.27. The maximum absolute atomic E-state index is 5.47. The van der Waals surface area contributed by atoms with Crippen LogP contribution in [0.4, 0.5) is 0 Å². The van der Waals surface area contributed by atoms with Crippen molar-refractivity contribution < 1.29 is 4.74 Å². The van der Waals surface area contributed by atoms with Gasteiger partial charge in [-0.05, 0) is 25.0 Å². The summed E-state index contributed by atoms with van der Waals surface area (Å²) in [6.07, 6.45) is 4.41. The van der Waals surface area contributed by atoms with Gasteiger partial charge in [-0.1, -0.05) is 0 Å². The summed E-state index contributed by atoms with van der Waals surface area (Å²) in [6.45, 7) is 3.83. The van der Waals surface area contributed by atoms with Crippen LogP contribution >= 0.6 is 0 Å². The predicted octanol–water partition coefficient (Wildman–Crippen LogP) is 1.58. The summed E-state index contributed by atoms with van der Waals surface area (Å²) in [7, 11) is 0. The summed E-state index contributed by atoms with van der Waals surface area (Å²) >= 11 is 0. The molecule has 1 aliphatic rings. The number of hydrogen-bond donors (Lipinski definition) is 1. The SMILES string of the molecule is c1c[nH]c(CN2CCCCOC2)c1. The van der Waals surface area contributed by atoms with Crippen LogP contribution in [0.3, 0.4) is 0 Å². The van der Waals surface area contributed by atoms with Crippen LogP contribution < -0.4 is 0 Å². The molecule has 1 aromatic rings. The van der Waals surface area contributed by atoms with E-state index in [-0.39, 0.29) is 0 Å². The Hall–Kier alpha value is -0.800. The Kier molecular flexibility index (Phi) is 3.00. The van der Waals surface area contributed by atoms with E-state index in [1.54, 1.807) is 0 Å². The molecule has 1 saturated heterocycles. The van der Waals surface area contributed by atoms with Gasteiger partial charge in [0.15, 0.2) is 0 Å². The van der Waals surface area contributed by atoms with Crippen molar-refractivity contribution in [2.45, 2.75) is 19.4 Å². The van der Waals surface area contributed by atoms with Crippen LogP contribution in [0.1, 0.15) is 18.5 Å². The standard InChI is InChI=1S/C10H16N2O/c1-2-7-13-9-12(6-1)8-10-4-3-5-11-10/h3-5,11H,1-2,6-9H2. The average Bonchev–Trinajstić information content (AvgIpc) is 2.49. The summed E-state index contributed by atoms with van der Waals surface area (Å²) in [4.78, 5) is 5.54. The molecular weight excluding hydrogens is 164 g/mol. The summed E-state index contributed by atoms with van der Waals surface area (Å²) in [5, 5.41) is 0. The minimum atomic E-state index is 0.777. The fraction of sp³-hybridized carbons (Fsp3) is 0.600. The van der Waals surface area contributed by atoms with Crippen LogP contribution in [-0.4, -0.2) is 29.8 Å². The highest BCUT2D eigenvalue weighted by Crippen LogP contribution is 2.07. The molecule has 1 N–H and O–H groups in total. The van der Waals surface area contributed by atoms with E-state index in [9.17, 15) is 0 Å². The molecule has 2 heterocycles. The Labute approximate surface area is 78.7 Å². The van der Waals surface area contributed by atoms with E-state index in [0.29, 0.717) is 0 Å². The number of H-pyrrole nitrogens is 1. The van der Waals surface area contributed by atoms with Crippen LogP contribution in [-0.2, 0) is 11.3 Å². The second-order valence-corrected chi connectivity index (χ2v) is 3.49. The number of rotatable bonds is 2. The van der Waals surface area contributed by atoms with Crippen molar-refractivity contribution in [1.29, 1.82) is 0 Å². The van der Waals surface area contributed by atoms with Gasteiger partial charge in [-0.3, -0.25) is 4.90 Å². The molecule has 72 valence electrons. The molecule has 0 saturated carbocycles. The Morgan fingerprint density at radius 1 is 1.46 bits per heavy atom. The van der Waals surface area contributed by atoms with Crippen LogP contribution in [0.15, 0.2) is 18.3 Å². The van der Waals surface area contributed by atoms with Crippen LogP contribution in [0.5, 0.6) is 0 Å². The van der Waals surface area contributed by atoms with E-state index in [0.717, 1.165) is 26.4 Å². The third kappa shape index (κ3) is 2.57. The van der Waals surface area contributed by atoms with Gasteiger partial charge >= 0.3 is 0 Å². The van der Waals surface area contributed by atoms with Gasteiger partial charge in [-0.15, -0.1) is 0 Å². The first kappa shape index (κ1) is 8.78. The number of hydrogen-bond acceptors (Lipinski definition) is 2. The number of nitrogens with one attached hydrogen (secondary N) is 1. The monoisotopic (exact) mass is 180 g/mol. The first-order valence-corrected chi connectivity index (χ1v) is 4.87. The normalized spacial score (nSPS) is 20.0. The van der Waals surface area contributed by atoms with Crippen molar-refractivity contribution in [1.82, 2.24) is 9.88 Å². The maximum atomic E-state index is 5.47. The number of ether oxygens (including phenoxy) is 1. The second-order valence-electron chi connectivity index (χ2n) is 3.49. The Bertz CT molecular complexity index is 225. The average molecular weight is 180 g/mol. The van der Waals surface area contributed by atoms with E-state index < -0.39 is 0 Å². The number of nitrogens with zero attached hydrogens (tertiary/aromatic N) is 1. The highest BCUT2D eigenvalue weighted by atomic mass is 16.5. The van der Waals surface area contributed by atoms with Gasteiger partial charge in [0, 0.05) is 31.6 Å².